The number of para-hydroxylation sites is 1. The Morgan fingerprint density at radius 1 is 0.969 bits per heavy atom. The van der Waals surface area contributed by atoms with E-state index in [1.54, 1.807) is 4.90 Å². The maximum atomic E-state index is 13.0. The summed E-state index contributed by atoms with van der Waals surface area (Å²) in [6.07, 6.45) is 1.36. The molecule has 2 aliphatic rings. The van der Waals surface area contributed by atoms with Crippen LogP contribution >= 0.6 is 0 Å². The molecule has 1 fully saturated rings. The number of carbonyl (C=O) groups excluding carboxylic acids is 2. The molecule has 2 aliphatic heterocycles. The minimum absolute atomic E-state index is 0.167. The Kier molecular flexibility index (Phi) is 6.40. The predicted molar refractivity (Wildman–Crippen MR) is 124 cm³/mol. The van der Waals surface area contributed by atoms with Gasteiger partial charge in [0.1, 0.15) is 12.2 Å². The molecule has 170 valence electrons. The van der Waals surface area contributed by atoms with Gasteiger partial charge in [-0.05, 0) is 56.7 Å². The van der Waals surface area contributed by atoms with E-state index in [2.05, 4.69) is 6.07 Å². The van der Waals surface area contributed by atoms with Crippen LogP contribution in [0.5, 0.6) is 0 Å². The highest BCUT2D eigenvalue weighted by Gasteiger charge is 2.40. The van der Waals surface area contributed by atoms with E-state index in [9.17, 15) is 9.59 Å². The van der Waals surface area contributed by atoms with Gasteiger partial charge in [0.15, 0.2) is 0 Å². The number of anilines is 1. The summed E-state index contributed by atoms with van der Waals surface area (Å²) in [6, 6.07) is 17.7. The van der Waals surface area contributed by atoms with Crippen molar-refractivity contribution < 1.29 is 19.1 Å². The summed E-state index contributed by atoms with van der Waals surface area (Å²) in [5.41, 5.74) is 2.51. The van der Waals surface area contributed by atoms with Crippen LogP contribution in [0.25, 0.3) is 0 Å². The first-order valence-corrected chi connectivity index (χ1v) is 11.4. The van der Waals surface area contributed by atoms with Gasteiger partial charge in [0.25, 0.3) is 0 Å². The number of carbonyl (C=O) groups is 2. The Morgan fingerprint density at radius 2 is 1.69 bits per heavy atom. The Morgan fingerprint density at radius 3 is 2.44 bits per heavy atom. The van der Waals surface area contributed by atoms with Gasteiger partial charge in [-0.25, -0.2) is 9.59 Å². The van der Waals surface area contributed by atoms with Gasteiger partial charge in [-0.3, -0.25) is 4.90 Å². The molecule has 2 atom stereocenters. The van der Waals surface area contributed by atoms with Crippen molar-refractivity contribution in [2.24, 2.45) is 5.92 Å². The quantitative estimate of drug-likeness (QED) is 0.631. The van der Waals surface area contributed by atoms with Crippen molar-refractivity contribution in [3.8, 4) is 0 Å². The van der Waals surface area contributed by atoms with Crippen molar-refractivity contribution in [3.05, 3.63) is 65.7 Å². The molecule has 0 bridgehead atoms. The molecule has 0 radical (unpaired) electrons. The summed E-state index contributed by atoms with van der Waals surface area (Å²) in [5, 5.41) is 0. The van der Waals surface area contributed by atoms with Crippen LogP contribution in [0.4, 0.5) is 15.3 Å². The van der Waals surface area contributed by atoms with Gasteiger partial charge < -0.3 is 14.4 Å². The van der Waals surface area contributed by atoms with E-state index in [0.29, 0.717) is 19.6 Å². The summed E-state index contributed by atoms with van der Waals surface area (Å²) < 4.78 is 11.2. The topological polar surface area (TPSA) is 59.1 Å². The van der Waals surface area contributed by atoms with Crippen LogP contribution in [-0.2, 0) is 16.1 Å². The van der Waals surface area contributed by atoms with Crippen LogP contribution < -0.4 is 4.90 Å². The standard InChI is InChI=1S/C26H32N2O4/c1-26(2,3)32-24(29)27-15-9-12-20(16-27)22-17-28(23-14-8-7-13-21(22)23)25(30)31-18-19-10-5-4-6-11-19/h4-8,10-11,13-14,20,22H,9,12,15-18H2,1-3H3/t20-,22+/m0/s1. The highest BCUT2D eigenvalue weighted by atomic mass is 16.6. The van der Waals surface area contributed by atoms with E-state index in [1.807, 2.05) is 74.2 Å². The Balaban J connectivity index is 1.46. The summed E-state index contributed by atoms with van der Waals surface area (Å²) in [6.45, 7) is 7.83. The summed E-state index contributed by atoms with van der Waals surface area (Å²) >= 11 is 0. The smallest absolute Gasteiger partial charge is 0.414 e. The minimum Gasteiger partial charge on any atom is -0.444 e. The SMILES string of the molecule is CC(C)(C)OC(=O)N1CCC[C@H]([C@H]2CN(C(=O)OCc3ccccc3)c3ccccc32)C1. The number of amides is 2. The van der Waals surface area contributed by atoms with Crippen molar-refractivity contribution in [2.75, 3.05) is 24.5 Å². The Hall–Kier alpha value is -3.02. The van der Waals surface area contributed by atoms with Crippen LogP contribution in [0.15, 0.2) is 54.6 Å². The number of hydrogen-bond donors (Lipinski definition) is 0. The lowest BCUT2D eigenvalue weighted by Crippen LogP contribution is -2.44. The molecule has 6 nitrogen and oxygen atoms in total. The fraction of sp³-hybridized carbons (Fsp3) is 0.462. The van der Waals surface area contributed by atoms with Gasteiger partial charge in [-0.1, -0.05) is 48.5 Å². The molecule has 1 saturated heterocycles. The molecule has 6 heteroatoms. The number of fused-ring (bicyclic) bond motifs is 1. The molecule has 32 heavy (non-hydrogen) atoms. The second-order valence-electron chi connectivity index (χ2n) is 9.64. The highest BCUT2D eigenvalue weighted by Crippen LogP contribution is 2.43. The first kappa shape index (κ1) is 22.2. The van der Waals surface area contributed by atoms with E-state index in [-0.39, 0.29) is 30.6 Å². The maximum absolute atomic E-state index is 13.0. The van der Waals surface area contributed by atoms with Crippen LogP contribution in [-0.4, -0.2) is 42.3 Å². The predicted octanol–water partition coefficient (Wildman–Crippen LogP) is 5.57. The molecule has 2 aromatic carbocycles. The molecule has 2 amide bonds. The van der Waals surface area contributed by atoms with Crippen LogP contribution in [0.1, 0.15) is 50.7 Å². The number of rotatable bonds is 3. The number of piperidine rings is 1. The zero-order valence-electron chi connectivity index (χ0n) is 19.1. The fourth-order valence-corrected chi connectivity index (χ4v) is 4.64. The molecule has 0 aliphatic carbocycles. The molecule has 0 N–H and O–H groups in total. The lowest BCUT2D eigenvalue weighted by Gasteiger charge is -2.36. The summed E-state index contributed by atoms with van der Waals surface area (Å²) in [7, 11) is 0. The minimum atomic E-state index is -0.511. The summed E-state index contributed by atoms with van der Waals surface area (Å²) in [5.74, 6) is 0.435. The van der Waals surface area contributed by atoms with E-state index in [0.717, 1.165) is 29.7 Å². The van der Waals surface area contributed by atoms with Gasteiger partial charge in [-0.2, -0.15) is 0 Å². The molecular formula is C26H32N2O4. The molecule has 0 aromatic heterocycles. The molecule has 0 unspecified atom stereocenters. The average molecular weight is 437 g/mol. The maximum Gasteiger partial charge on any atom is 0.414 e. The van der Waals surface area contributed by atoms with E-state index in [4.69, 9.17) is 9.47 Å². The first-order valence-electron chi connectivity index (χ1n) is 11.4. The number of ether oxygens (including phenoxy) is 2. The van der Waals surface area contributed by atoms with Crippen molar-refractivity contribution in [1.82, 2.24) is 4.90 Å². The number of nitrogens with zero attached hydrogens (tertiary/aromatic N) is 2. The van der Waals surface area contributed by atoms with E-state index >= 15 is 0 Å². The van der Waals surface area contributed by atoms with Gasteiger partial charge >= 0.3 is 12.2 Å². The second kappa shape index (κ2) is 9.23. The third-order valence-corrected chi connectivity index (χ3v) is 6.11. The number of likely N-dealkylation sites (tertiary alicyclic amines) is 1. The van der Waals surface area contributed by atoms with E-state index < -0.39 is 5.60 Å². The first-order chi connectivity index (χ1) is 15.3. The molecule has 0 saturated carbocycles. The zero-order valence-corrected chi connectivity index (χ0v) is 19.1. The monoisotopic (exact) mass is 436 g/mol. The Bertz CT molecular complexity index is 954. The molecule has 4 rings (SSSR count). The van der Waals surface area contributed by atoms with Gasteiger partial charge in [0, 0.05) is 25.6 Å². The van der Waals surface area contributed by atoms with Gasteiger partial charge in [-0.15, -0.1) is 0 Å². The fourth-order valence-electron chi connectivity index (χ4n) is 4.64. The summed E-state index contributed by atoms with van der Waals surface area (Å²) in [4.78, 5) is 29.2. The van der Waals surface area contributed by atoms with E-state index in [1.165, 1.54) is 0 Å². The normalized spacial score (nSPS) is 20.6. The van der Waals surface area contributed by atoms with Gasteiger partial charge in [0.05, 0.1) is 5.69 Å². The van der Waals surface area contributed by atoms with Crippen LogP contribution in [0.3, 0.4) is 0 Å². The molecule has 2 aromatic rings. The molecule has 2 heterocycles. The zero-order chi connectivity index (χ0) is 22.7. The van der Waals surface area contributed by atoms with Crippen molar-refractivity contribution in [3.63, 3.8) is 0 Å². The average Bonchev–Trinajstić information content (AvgIpc) is 3.17. The number of hydrogen-bond acceptors (Lipinski definition) is 4. The largest absolute Gasteiger partial charge is 0.444 e. The third kappa shape index (κ3) is 5.06. The number of benzene rings is 2. The van der Waals surface area contributed by atoms with Crippen LogP contribution in [0, 0.1) is 5.92 Å². The lowest BCUT2D eigenvalue weighted by atomic mass is 9.82. The lowest BCUT2D eigenvalue weighted by molar-refractivity contribution is 0.0153. The second-order valence-corrected chi connectivity index (χ2v) is 9.64. The van der Waals surface area contributed by atoms with Crippen molar-refractivity contribution in [1.29, 1.82) is 0 Å². The Labute approximate surface area is 190 Å². The third-order valence-electron chi connectivity index (χ3n) is 6.11. The van der Waals surface area contributed by atoms with Crippen LogP contribution in [0.2, 0.25) is 0 Å². The van der Waals surface area contributed by atoms with Crippen molar-refractivity contribution >= 4 is 17.9 Å². The highest BCUT2D eigenvalue weighted by molar-refractivity contribution is 5.91. The molecular weight excluding hydrogens is 404 g/mol. The van der Waals surface area contributed by atoms with Crippen molar-refractivity contribution in [2.45, 2.75) is 51.7 Å². The molecule has 0 spiro atoms. The van der Waals surface area contributed by atoms with Gasteiger partial charge in [0.2, 0.25) is 0 Å².